The Morgan fingerprint density at radius 2 is 2.04 bits per heavy atom. The second-order valence-electron chi connectivity index (χ2n) is 5.41. The number of carbonyl (C=O) groups is 1. The van der Waals surface area contributed by atoms with Crippen molar-refractivity contribution in [3.63, 3.8) is 0 Å². The van der Waals surface area contributed by atoms with E-state index in [1.807, 2.05) is 18.2 Å². The van der Waals surface area contributed by atoms with Gasteiger partial charge in [-0.15, -0.1) is 11.8 Å². The molecule has 0 unspecified atom stereocenters. The summed E-state index contributed by atoms with van der Waals surface area (Å²) >= 11 is 5.13. The molecule has 0 aromatic heterocycles. The van der Waals surface area contributed by atoms with Crippen molar-refractivity contribution in [3.05, 3.63) is 68.2 Å². The minimum atomic E-state index is -0.477. The number of nitro groups is 1. The molecule has 0 aliphatic carbocycles. The molecule has 1 saturated heterocycles. The summed E-state index contributed by atoms with van der Waals surface area (Å²) in [5.74, 6) is 1.40. The van der Waals surface area contributed by atoms with Gasteiger partial charge < -0.3 is 9.64 Å². The number of ether oxygens (including phenoxy) is 1. The van der Waals surface area contributed by atoms with E-state index < -0.39 is 4.92 Å². The van der Waals surface area contributed by atoms with E-state index in [0.29, 0.717) is 12.1 Å². The minimum Gasteiger partial charge on any atom is -0.496 e. The topological polar surface area (TPSA) is 72.7 Å². The minimum absolute atomic E-state index is 0.0300. The summed E-state index contributed by atoms with van der Waals surface area (Å²) in [6.07, 6.45) is 0. The number of hydrogen-bond donors (Lipinski definition) is 0. The van der Waals surface area contributed by atoms with E-state index in [2.05, 4.69) is 15.9 Å². The molecule has 0 radical (unpaired) electrons. The summed E-state index contributed by atoms with van der Waals surface area (Å²) in [7, 11) is 1.61. The van der Waals surface area contributed by atoms with Crippen molar-refractivity contribution in [1.29, 1.82) is 0 Å². The van der Waals surface area contributed by atoms with Crippen molar-refractivity contribution in [2.24, 2.45) is 0 Å². The van der Waals surface area contributed by atoms with Crippen molar-refractivity contribution in [2.75, 3.05) is 19.4 Å². The van der Waals surface area contributed by atoms with E-state index in [1.165, 1.54) is 24.3 Å². The fourth-order valence-electron chi connectivity index (χ4n) is 2.73. The van der Waals surface area contributed by atoms with E-state index in [1.54, 1.807) is 23.8 Å². The number of carbonyl (C=O) groups excluding carboxylic acids is 1. The second kappa shape index (κ2) is 7.45. The average Bonchev–Trinajstić information content (AvgIpc) is 3.10. The molecule has 6 nitrogen and oxygen atoms in total. The predicted octanol–water partition coefficient (Wildman–Crippen LogP) is 4.25. The van der Waals surface area contributed by atoms with Crippen LogP contribution in [-0.4, -0.2) is 35.1 Å². The largest absolute Gasteiger partial charge is 0.496 e. The molecule has 1 amide bonds. The first-order valence-corrected chi connectivity index (χ1v) is 9.36. The van der Waals surface area contributed by atoms with Gasteiger partial charge in [-0.2, -0.15) is 0 Å². The number of benzene rings is 2. The number of hydrogen-bond acceptors (Lipinski definition) is 5. The van der Waals surface area contributed by atoms with Crippen LogP contribution in [0.1, 0.15) is 21.3 Å². The summed E-state index contributed by atoms with van der Waals surface area (Å²) in [5.41, 5.74) is 1.33. The Hall–Kier alpha value is -2.06. The maximum absolute atomic E-state index is 12.9. The molecule has 3 rings (SSSR count). The molecule has 1 aliphatic rings. The number of halogens is 1. The molecule has 25 heavy (non-hydrogen) atoms. The zero-order valence-corrected chi connectivity index (χ0v) is 15.7. The Kier molecular flexibility index (Phi) is 5.29. The molecule has 2 aromatic rings. The van der Waals surface area contributed by atoms with Crippen LogP contribution in [0.5, 0.6) is 5.75 Å². The highest BCUT2D eigenvalue weighted by Gasteiger charge is 2.33. The first-order valence-electron chi connectivity index (χ1n) is 7.51. The summed E-state index contributed by atoms with van der Waals surface area (Å²) in [6, 6.07) is 11.4. The third-order valence-electron chi connectivity index (χ3n) is 3.93. The first kappa shape index (κ1) is 17.8. The lowest BCUT2D eigenvalue weighted by Crippen LogP contribution is -2.30. The molecular weight excluding hydrogens is 408 g/mol. The molecule has 0 saturated carbocycles. The lowest BCUT2D eigenvalue weighted by Gasteiger charge is -2.25. The first-order chi connectivity index (χ1) is 12.0. The molecule has 1 atom stereocenters. The molecule has 2 aromatic carbocycles. The number of thioether (sulfide) groups is 1. The van der Waals surface area contributed by atoms with Gasteiger partial charge in [0.25, 0.3) is 11.6 Å². The number of nitrogens with zero attached hydrogens (tertiary/aromatic N) is 2. The number of non-ortho nitro benzene ring substituents is 1. The lowest BCUT2D eigenvalue weighted by atomic mass is 10.1. The molecule has 0 N–H and O–H groups in total. The van der Waals surface area contributed by atoms with Crippen LogP contribution in [0.3, 0.4) is 0 Å². The zero-order valence-electron chi connectivity index (χ0n) is 13.3. The van der Waals surface area contributed by atoms with Crippen molar-refractivity contribution in [3.8, 4) is 5.75 Å². The van der Waals surface area contributed by atoms with Crippen LogP contribution in [0.4, 0.5) is 5.69 Å². The molecule has 1 heterocycles. The lowest BCUT2D eigenvalue weighted by molar-refractivity contribution is -0.384. The monoisotopic (exact) mass is 422 g/mol. The fraction of sp³-hybridized carbons (Fsp3) is 0.235. The fourth-order valence-corrected chi connectivity index (χ4v) is 4.37. The van der Waals surface area contributed by atoms with E-state index in [9.17, 15) is 14.9 Å². The van der Waals surface area contributed by atoms with Crippen molar-refractivity contribution < 1.29 is 14.5 Å². The molecule has 8 heteroatoms. The summed E-state index contributed by atoms with van der Waals surface area (Å²) in [6.45, 7) is 0.612. The molecule has 0 bridgehead atoms. The van der Waals surface area contributed by atoms with E-state index in [0.717, 1.165) is 21.5 Å². The normalized spacial score (nSPS) is 16.7. The van der Waals surface area contributed by atoms with Gasteiger partial charge in [0.2, 0.25) is 0 Å². The quantitative estimate of drug-likeness (QED) is 0.543. The highest BCUT2D eigenvalue weighted by atomic mass is 79.9. The Morgan fingerprint density at radius 1 is 1.32 bits per heavy atom. The van der Waals surface area contributed by atoms with Crippen LogP contribution in [0.15, 0.2) is 46.9 Å². The van der Waals surface area contributed by atoms with Crippen LogP contribution in [0.2, 0.25) is 0 Å². The van der Waals surface area contributed by atoms with Crippen molar-refractivity contribution in [2.45, 2.75) is 5.37 Å². The van der Waals surface area contributed by atoms with Gasteiger partial charge in [-0.25, -0.2) is 0 Å². The molecule has 0 spiro atoms. The number of methoxy groups -OCH3 is 1. The van der Waals surface area contributed by atoms with Crippen LogP contribution in [-0.2, 0) is 0 Å². The second-order valence-corrected chi connectivity index (χ2v) is 7.52. The Balaban J connectivity index is 1.90. The van der Waals surface area contributed by atoms with E-state index in [-0.39, 0.29) is 17.0 Å². The number of nitro benzene ring substituents is 1. The van der Waals surface area contributed by atoms with E-state index >= 15 is 0 Å². The van der Waals surface area contributed by atoms with Gasteiger partial charge in [0.1, 0.15) is 11.1 Å². The summed E-state index contributed by atoms with van der Waals surface area (Å²) in [5, 5.41) is 10.6. The Labute approximate surface area is 157 Å². The van der Waals surface area contributed by atoms with Gasteiger partial charge >= 0.3 is 0 Å². The zero-order chi connectivity index (χ0) is 18.0. The van der Waals surface area contributed by atoms with Crippen molar-refractivity contribution in [1.82, 2.24) is 4.90 Å². The maximum Gasteiger partial charge on any atom is 0.269 e. The molecule has 1 aliphatic heterocycles. The Morgan fingerprint density at radius 3 is 2.68 bits per heavy atom. The third-order valence-corrected chi connectivity index (χ3v) is 5.67. The van der Waals surface area contributed by atoms with Crippen LogP contribution < -0.4 is 4.74 Å². The molecule has 1 fully saturated rings. The summed E-state index contributed by atoms with van der Waals surface area (Å²) in [4.78, 5) is 24.9. The van der Waals surface area contributed by atoms with Gasteiger partial charge in [-0.3, -0.25) is 14.9 Å². The smallest absolute Gasteiger partial charge is 0.269 e. The number of rotatable bonds is 4. The van der Waals surface area contributed by atoms with Gasteiger partial charge in [0.05, 0.1) is 12.0 Å². The van der Waals surface area contributed by atoms with Gasteiger partial charge in [-0.1, -0.05) is 15.9 Å². The van der Waals surface area contributed by atoms with Gasteiger partial charge in [-0.05, 0) is 30.3 Å². The standard InChI is InChI=1S/C17H15BrN2O4S/c1-24-15-7-4-12(18)10-14(15)17-19(8-9-25-17)16(21)11-2-5-13(6-3-11)20(22)23/h2-7,10,17H,8-9H2,1H3/t17-/m1/s1. The molecule has 130 valence electrons. The van der Waals surface area contributed by atoms with Crippen LogP contribution in [0.25, 0.3) is 0 Å². The Bertz CT molecular complexity index is 813. The van der Waals surface area contributed by atoms with Gasteiger partial charge in [0, 0.05) is 40.0 Å². The van der Waals surface area contributed by atoms with E-state index in [4.69, 9.17) is 4.74 Å². The average molecular weight is 423 g/mol. The van der Waals surface area contributed by atoms with Crippen LogP contribution in [0, 0.1) is 10.1 Å². The SMILES string of the molecule is COc1ccc(Br)cc1[C@H]1SCCN1C(=O)c1ccc([N+](=O)[O-])cc1. The van der Waals surface area contributed by atoms with Crippen molar-refractivity contribution >= 4 is 39.3 Å². The third kappa shape index (κ3) is 3.64. The highest BCUT2D eigenvalue weighted by molar-refractivity contribution is 9.10. The van der Waals surface area contributed by atoms with Gasteiger partial charge in [0.15, 0.2) is 0 Å². The predicted molar refractivity (Wildman–Crippen MR) is 100 cm³/mol. The highest BCUT2D eigenvalue weighted by Crippen LogP contribution is 2.43. The summed E-state index contributed by atoms with van der Waals surface area (Å²) < 4.78 is 6.36. The number of amides is 1. The van der Waals surface area contributed by atoms with Crippen LogP contribution >= 0.6 is 27.7 Å². The maximum atomic E-state index is 12.9. The molecular formula is C17H15BrN2O4S.